The molecule has 0 bridgehead atoms. The Morgan fingerprint density at radius 2 is 1.15 bits per heavy atom. The van der Waals surface area contributed by atoms with Crippen LogP contribution in [-0.4, -0.2) is 18.5 Å². The molecule has 0 atom stereocenters. The molecule has 0 spiro atoms. The van der Waals surface area contributed by atoms with Crippen LogP contribution in [0, 0.1) is 0 Å². The van der Waals surface area contributed by atoms with Gasteiger partial charge in [-0.05, 0) is 18.9 Å². The number of halogens is 1. The molecule has 0 aliphatic heterocycles. The normalized spacial score (nSPS) is 10.8. The number of ether oxygens (including phenoxy) is 2. The standard InChI is InChI=1S/C28H45BrO4/c1-2-3-4-5-6-7-8-9-10-11-12-13-14-17-23-32-27(30)21-18-22-28(31)33-24-25-19-15-16-20-26(25)29/h15-16,19-20H,2-14,17-18,21-24H2,1H3. The predicted octanol–water partition coefficient (Wildman–Crippen LogP) is 8.69. The van der Waals surface area contributed by atoms with Gasteiger partial charge in [-0.3, -0.25) is 9.59 Å². The molecule has 1 rings (SSSR count). The van der Waals surface area contributed by atoms with Gasteiger partial charge in [-0.15, -0.1) is 0 Å². The molecule has 1 aromatic rings. The van der Waals surface area contributed by atoms with Gasteiger partial charge in [0, 0.05) is 22.9 Å². The van der Waals surface area contributed by atoms with E-state index in [4.69, 9.17) is 9.47 Å². The smallest absolute Gasteiger partial charge is 0.306 e. The van der Waals surface area contributed by atoms with Crippen LogP contribution in [-0.2, 0) is 25.7 Å². The molecule has 0 amide bonds. The molecule has 0 aliphatic rings. The van der Waals surface area contributed by atoms with Gasteiger partial charge in [0.05, 0.1) is 6.61 Å². The second-order valence-corrected chi connectivity index (χ2v) is 9.78. The summed E-state index contributed by atoms with van der Waals surface area (Å²) < 4.78 is 11.5. The summed E-state index contributed by atoms with van der Waals surface area (Å²) in [5.74, 6) is -0.506. The number of esters is 2. The summed E-state index contributed by atoms with van der Waals surface area (Å²) in [7, 11) is 0. The Kier molecular flexibility index (Phi) is 19.1. The van der Waals surface area contributed by atoms with E-state index in [9.17, 15) is 9.59 Å². The van der Waals surface area contributed by atoms with E-state index in [2.05, 4.69) is 22.9 Å². The van der Waals surface area contributed by atoms with Crippen molar-refractivity contribution < 1.29 is 19.1 Å². The van der Waals surface area contributed by atoms with E-state index in [0.717, 1.165) is 22.9 Å². The number of carbonyl (C=O) groups is 2. The van der Waals surface area contributed by atoms with Crippen molar-refractivity contribution in [1.29, 1.82) is 0 Å². The second-order valence-electron chi connectivity index (χ2n) is 8.92. The van der Waals surface area contributed by atoms with Gasteiger partial charge in [-0.1, -0.05) is 125 Å². The van der Waals surface area contributed by atoms with Crippen molar-refractivity contribution in [2.45, 2.75) is 123 Å². The van der Waals surface area contributed by atoms with Gasteiger partial charge in [0.15, 0.2) is 0 Å². The molecular formula is C28H45BrO4. The van der Waals surface area contributed by atoms with Crippen molar-refractivity contribution in [3.8, 4) is 0 Å². The molecule has 5 heteroatoms. The van der Waals surface area contributed by atoms with Crippen LogP contribution in [0.3, 0.4) is 0 Å². The number of benzene rings is 1. The third kappa shape index (κ3) is 17.7. The summed E-state index contributed by atoms with van der Waals surface area (Å²) in [4.78, 5) is 23.6. The van der Waals surface area contributed by atoms with Gasteiger partial charge >= 0.3 is 11.9 Å². The van der Waals surface area contributed by atoms with E-state index in [1.807, 2.05) is 24.3 Å². The van der Waals surface area contributed by atoms with E-state index in [1.165, 1.54) is 77.0 Å². The number of hydrogen-bond donors (Lipinski definition) is 0. The molecule has 0 heterocycles. The molecule has 33 heavy (non-hydrogen) atoms. The maximum absolute atomic E-state index is 11.8. The predicted molar refractivity (Wildman–Crippen MR) is 139 cm³/mol. The number of hydrogen-bond acceptors (Lipinski definition) is 4. The lowest BCUT2D eigenvalue weighted by atomic mass is 10.0. The van der Waals surface area contributed by atoms with E-state index < -0.39 is 0 Å². The molecule has 0 radical (unpaired) electrons. The first-order valence-corrected chi connectivity index (χ1v) is 14.0. The first-order valence-electron chi connectivity index (χ1n) is 13.2. The maximum atomic E-state index is 11.8. The molecule has 0 fully saturated rings. The Morgan fingerprint density at radius 1 is 0.667 bits per heavy atom. The lowest BCUT2D eigenvalue weighted by molar-refractivity contribution is -0.146. The molecular weight excluding hydrogens is 480 g/mol. The molecule has 0 N–H and O–H groups in total. The third-order valence-electron chi connectivity index (χ3n) is 5.87. The lowest BCUT2D eigenvalue weighted by Crippen LogP contribution is -2.09. The first kappa shape index (κ1) is 29.7. The van der Waals surface area contributed by atoms with Crippen LogP contribution in [0.25, 0.3) is 0 Å². The minimum Gasteiger partial charge on any atom is -0.466 e. The molecule has 0 aromatic heterocycles. The number of carbonyl (C=O) groups excluding carboxylic acids is 2. The van der Waals surface area contributed by atoms with Crippen LogP contribution >= 0.6 is 15.9 Å². The minimum absolute atomic E-state index is 0.219. The molecule has 0 unspecified atom stereocenters. The topological polar surface area (TPSA) is 52.6 Å². The fourth-order valence-electron chi connectivity index (χ4n) is 3.78. The summed E-state index contributed by atoms with van der Waals surface area (Å²) in [6, 6.07) is 7.64. The highest BCUT2D eigenvalue weighted by Gasteiger charge is 2.08. The Balaban J connectivity index is 1.84. The largest absolute Gasteiger partial charge is 0.466 e. The van der Waals surface area contributed by atoms with Crippen LogP contribution in [0.2, 0.25) is 0 Å². The molecule has 1 aromatic carbocycles. The third-order valence-corrected chi connectivity index (χ3v) is 6.64. The van der Waals surface area contributed by atoms with Crippen LogP contribution in [0.15, 0.2) is 28.7 Å². The lowest BCUT2D eigenvalue weighted by Gasteiger charge is -2.07. The van der Waals surface area contributed by atoms with E-state index in [1.54, 1.807) is 0 Å². The fraction of sp³-hybridized carbons (Fsp3) is 0.714. The molecule has 0 saturated heterocycles. The van der Waals surface area contributed by atoms with Crippen molar-refractivity contribution in [2.75, 3.05) is 6.61 Å². The summed E-state index contributed by atoms with van der Waals surface area (Å²) >= 11 is 3.43. The zero-order valence-corrected chi connectivity index (χ0v) is 22.3. The Morgan fingerprint density at radius 3 is 1.70 bits per heavy atom. The number of rotatable bonds is 21. The van der Waals surface area contributed by atoms with Gasteiger partial charge in [-0.25, -0.2) is 0 Å². The average Bonchev–Trinajstić information content (AvgIpc) is 2.81. The van der Waals surface area contributed by atoms with Crippen LogP contribution in [0.4, 0.5) is 0 Å². The van der Waals surface area contributed by atoms with Crippen molar-refractivity contribution in [2.24, 2.45) is 0 Å². The van der Waals surface area contributed by atoms with Gasteiger partial charge in [0.1, 0.15) is 6.61 Å². The Labute approximate surface area is 210 Å². The van der Waals surface area contributed by atoms with E-state index in [-0.39, 0.29) is 31.4 Å². The van der Waals surface area contributed by atoms with Gasteiger partial charge in [0.2, 0.25) is 0 Å². The Bertz CT molecular complexity index is 632. The monoisotopic (exact) mass is 524 g/mol. The first-order chi connectivity index (χ1) is 16.1. The summed E-state index contributed by atoms with van der Waals surface area (Å²) in [6.45, 7) is 3.00. The highest BCUT2D eigenvalue weighted by molar-refractivity contribution is 9.10. The maximum Gasteiger partial charge on any atom is 0.306 e. The summed E-state index contributed by atoms with van der Waals surface area (Å²) in [6.07, 6.45) is 19.3. The number of unbranched alkanes of at least 4 members (excludes halogenated alkanes) is 13. The quantitative estimate of drug-likeness (QED) is 0.119. The molecule has 188 valence electrons. The van der Waals surface area contributed by atoms with E-state index >= 15 is 0 Å². The van der Waals surface area contributed by atoms with Crippen LogP contribution in [0.5, 0.6) is 0 Å². The minimum atomic E-state index is -0.287. The molecule has 0 aliphatic carbocycles. The van der Waals surface area contributed by atoms with Crippen molar-refractivity contribution in [3.63, 3.8) is 0 Å². The summed E-state index contributed by atoms with van der Waals surface area (Å²) in [5, 5.41) is 0. The SMILES string of the molecule is CCCCCCCCCCCCCCCCOC(=O)CCCC(=O)OCc1ccccc1Br. The molecule has 4 nitrogen and oxygen atoms in total. The molecule has 0 saturated carbocycles. The highest BCUT2D eigenvalue weighted by Crippen LogP contribution is 2.17. The second kappa shape index (κ2) is 21.2. The van der Waals surface area contributed by atoms with Crippen molar-refractivity contribution in [1.82, 2.24) is 0 Å². The zero-order valence-electron chi connectivity index (χ0n) is 20.8. The van der Waals surface area contributed by atoms with Gasteiger partial charge in [0.25, 0.3) is 0 Å². The van der Waals surface area contributed by atoms with Gasteiger partial charge < -0.3 is 9.47 Å². The fourth-order valence-corrected chi connectivity index (χ4v) is 4.18. The Hall–Kier alpha value is -1.36. The van der Waals surface area contributed by atoms with Crippen LogP contribution < -0.4 is 0 Å². The van der Waals surface area contributed by atoms with Crippen LogP contribution in [0.1, 0.15) is 122 Å². The van der Waals surface area contributed by atoms with Crippen molar-refractivity contribution in [3.05, 3.63) is 34.3 Å². The highest BCUT2D eigenvalue weighted by atomic mass is 79.9. The van der Waals surface area contributed by atoms with Crippen molar-refractivity contribution >= 4 is 27.9 Å². The van der Waals surface area contributed by atoms with Gasteiger partial charge in [-0.2, -0.15) is 0 Å². The average molecular weight is 526 g/mol. The zero-order chi connectivity index (χ0) is 24.0. The van der Waals surface area contributed by atoms with E-state index in [0.29, 0.717) is 13.0 Å². The summed E-state index contributed by atoms with van der Waals surface area (Å²) in [5.41, 5.74) is 0.929.